The lowest BCUT2D eigenvalue weighted by Crippen LogP contribution is -2.23. The Labute approximate surface area is 162 Å². The Balaban J connectivity index is 1.64. The monoisotopic (exact) mass is 375 g/mol. The van der Waals surface area contributed by atoms with Crippen LogP contribution in [0.25, 0.3) is 21.1 Å². The molecule has 0 spiro atoms. The normalized spacial score (nSPS) is 17.1. The Bertz CT molecular complexity index is 1100. The number of nitrogens with zero attached hydrogens (tertiary/aromatic N) is 3. The Hall–Kier alpha value is -2.66. The van der Waals surface area contributed by atoms with Crippen LogP contribution in [0.1, 0.15) is 29.6 Å². The number of methoxy groups -OCH3 is 1. The molecule has 5 heteroatoms. The first-order chi connectivity index (χ1) is 13.2. The van der Waals surface area contributed by atoms with Crippen LogP contribution in [-0.4, -0.2) is 23.6 Å². The predicted octanol–water partition coefficient (Wildman–Crippen LogP) is 5.50. The summed E-state index contributed by atoms with van der Waals surface area (Å²) in [5.74, 6) is 0.866. The van der Waals surface area contributed by atoms with E-state index in [0.717, 1.165) is 40.8 Å². The number of ether oxygens (including phenoxy) is 1. The molecule has 1 aliphatic heterocycles. The van der Waals surface area contributed by atoms with Gasteiger partial charge >= 0.3 is 0 Å². The highest BCUT2D eigenvalue weighted by Crippen LogP contribution is 2.42. The van der Waals surface area contributed by atoms with E-state index in [9.17, 15) is 0 Å². The molecule has 4 aromatic rings. The summed E-state index contributed by atoms with van der Waals surface area (Å²) < 4.78 is 6.73. The summed E-state index contributed by atoms with van der Waals surface area (Å²) in [6, 6.07) is 17.1. The van der Waals surface area contributed by atoms with Crippen LogP contribution in [0, 0.1) is 6.92 Å². The highest BCUT2D eigenvalue weighted by Gasteiger charge is 2.30. The van der Waals surface area contributed by atoms with Gasteiger partial charge in [0, 0.05) is 23.3 Å². The first-order valence-corrected chi connectivity index (χ1v) is 10.1. The highest BCUT2D eigenvalue weighted by molar-refractivity contribution is 7.18. The first-order valence-electron chi connectivity index (χ1n) is 9.30. The number of hydrogen-bond donors (Lipinski definition) is 0. The van der Waals surface area contributed by atoms with E-state index in [0.29, 0.717) is 6.04 Å². The summed E-state index contributed by atoms with van der Waals surface area (Å²) in [7, 11) is 1.71. The molecule has 136 valence electrons. The minimum Gasteiger partial charge on any atom is -0.497 e. The van der Waals surface area contributed by atoms with Gasteiger partial charge in [-0.1, -0.05) is 12.1 Å². The zero-order valence-electron chi connectivity index (χ0n) is 15.5. The molecular formula is C22H21N3OS. The van der Waals surface area contributed by atoms with Crippen LogP contribution in [0.5, 0.6) is 5.75 Å². The van der Waals surface area contributed by atoms with Gasteiger partial charge in [0.2, 0.25) is 0 Å². The number of aromatic nitrogens is 2. The zero-order valence-corrected chi connectivity index (χ0v) is 16.3. The number of aryl methyl sites for hydroxylation is 1. The fraction of sp³-hybridized carbons (Fsp3) is 0.273. The number of para-hydroxylation sites is 1. The summed E-state index contributed by atoms with van der Waals surface area (Å²) in [4.78, 5) is 12.2. The Morgan fingerprint density at radius 1 is 1.07 bits per heavy atom. The minimum absolute atomic E-state index is 0.318. The first kappa shape index (κ1) is 16.5. The van der Waals surface area contributed by atoms with E-state index < -0.39 is 0 Å². The van der Waals surface area contributed by atoms with Gasteiger partial charge in [-0.15, -0.1) is 11.3 Å². The van der Waals surface area contributed by atoms with E-state index in [-0.39, 0.29) is 0 Å². The number of pyridine rings is 1. The molecule has 0 aliphatic carbocycles. The maximum Gasteiger partial charge on any atom is 0.119 e. The van der Waals surface area contributed by atoms with Crippen molar-refractivity contribution in [2.24, 2.45) is 0 Å². The van der Waals surface area contributed by atoms with E-state index in [2.05, 4.69) is 48.2 Å². The number of thiazole rings is 1. The van der Waals surface area contributed by atoms with E-state index in [4.69, 9.17) is 14.7 Å². The molecule has 1 saturated heterocycles. The summed E-state index contributed by atoms with van der Waals surface area (Å²) in [5.41, 5.74) is 4.39. The lowest BCUT2D eigenvalue weighted by atomic mass is 10.1. The Morgan fingerprint density at radius 3 is 2.81 bits per heavy atom. The number of fused-ring (bicyclic) bond motifs is 2. The second-order valence-corrected chi connectivity index (χ2v) is 8.10. The summed E-state index contributed by atoms with van der Waals surface area (Å²) in [6.45, 7) is 3.10. The van der Waals surface area contributed by atoms with Crippen molar-refractivity contribution in [2.75, 3.05) is 18.6 Å². The van der Waals surface area contributed by atoms with Gasteiger partial charge in [0.15, 0.2) is 0 Å². The van der Waals surface area contributed by atoms with Crippen LogP contribution in [0.15, 0.2) is 48.5 Å². The topological polar surface area (TPSA) is 38.2 Å². The van der Waals surface area contributed by atoms with Gasteiger partial charge in [0.05, 0.1) is 28.9 Å². The van der Waals surface area contributed by atoms with Crippen molar-refractivity contribution >= 4 is 38.1 Å². The maximum atomic E-state index is 5.46. The van der Waals surface area contributed by atoms with Crippen molar-refractivity contribution in [3.8, 4) is 5.75 Å². The standard InChI is InChI=1S/C22H21N3OS/c1-14-12-20(16-13-15(26-2)9-10-17(16)23-14)25-11-5-7-19(25)22-24-18-6-3-4-8-21(18)27-22/h3-4,6,8-10,12-13,19H,5,7,11H2,1-2H3. The average Bonchev–Trinajstić information content (AvgIpc) is 3.33. The molecule has 4 nitrogen and oxygen atoms in total. The fourth-order valence-electron chi connectivity index (χ4n) is 4.02. The molecule has 3 heterocycles. The molecule has 2 aromatic heterocycles. The van der Waals surface area contributed by atoms with Crippen LogP contribution in [-0.2, 0) is 0 Å². The molecule has 0 radical (unpaired) electrons. The molecule has 1 atom stereocenters. The van der Waals surface area contributed by atoms with Crippen LogP contribution in [0.4, 0.5) is 5.69 Å². The number of rotatable bonds is 3. The number of benzene rings is 2. The molecular weight excluding hydrogens is 354 g/mol. The minimum atomic E-state index is 0.318. The second kappa shape index (κ2) is 6.50. The van der Waals surface area contributed by atoms with Gasteiger partial charge in [-0.05, 0) is 56.2 Å². The van der Waals surface area contributed by atoms with E-state index >= 15 is 0 Å². The molecule has 1 unspecified atom stereocenters. The third-order valence-electron chi connectivity index (χ3n) is 5.28. The lowest BCUT2D eigenvalue weighted by molar-refractivity contribution is 0.415. The van der Waals surface area contributed by atoms with Gasteiger partial charge in [-0.25, -0.2) is 4.98 Å². The summed E-state index contributed by atoms with van der Waals surface area (Å²) in [6.07, 6.45) is 2.31. The predicted molar refractivity (Wildman–Crippen MR) is 112 cm³/mol. The second-order valence-electron chi connectivity index (χ2n) is 7.04. The van der Waals surface area contributed by atoms with Crippen LogP contribution in [0.3, 0.4) is 0 Å². The zero-order chi connectivity index (χ0) is 18.4. The molecule has 0 amide bonds. The SMILES string of the molecule is COc1ccc2nc(C)cc(N3CCCC3c3nc4ccccc4s3)c2c1. The summed E-state index contributed by atoms with van der Waals surface area (Å²) in [5, 5.41) is 2.35. The van der Waals surface area contributed by atoms with Crippen molar-refractivity contribution in [2.45, 2.75) is 25.8 Å². The van der Waals surface area contributed by atoms with Crippen molar-refractivity contribution in [1.82, 2.24) is 9.97 Å². The molecule has 2 aromatic carbocycles. The smallest absolute Gasteiger partial charge is 0.119 e. The largest absolute Gasteiger partial charge is 0.497 e. The van der Waals surface area contributed by atoms with Gasteiger partial charge in [-0.2, -0.15) is 0 Å². The summed E-state index contributed by atoms with van der Waals surface area (Å²) >= 11 is 1.82. The average molecular weight is 375 g/mol. The third-order valence-corrected chi connectivity index (χ3v) is 6.42. The van der Waals surface area contributed by atoms with Gasteiger partial charge in [0.25, 0.3) is 0 Å². The van der Waals surface area contributed by atoms with E-state index in [1.807, 2.05) is 23.5 Å². The maximum absolute atomic E-state index is 5.46. The van der Waals surface area contributed by atoms with E-state index in [1.165, 1.54) is 21.8 Å². The molecule has 0 saturated carbocycles. The van der Waals surface area contributed by atoms with Crippen molar-refractivity contribution < 1.29 is 4.74 Å². The molecule has 1 fully saturated rings. The Kier molecular flexibility index (Phi) is 3.97. The van der Waals surface area contributed by atoms with Crippen LogP contribution < -0.4 is 9.64 Å². The molecule has 27 heavy (non-hydrogen) atoms. The van der Waals surface area contributed by atoms with Crippen LogP contribution >= 0.6 is 11.3 Å². The highest BCUT2D eigenvalue weighted by atomic mass is 32.1. The lowest BCUT2D eigenvalue weighted by Gasteiger charge is -2.27. The van der Waals surface area contributed by atoms with Crippen molar-refractivity contribution in [1.29, 1.82) is 0 Å². The van der Waals surface area contributed by atoms with Gasteiger partial charge < -0.3 is 9.64 Å². The number of anilines is 1. The van der Waals surface area contributed by atoms with E-state index in [1.54, 1.807) is 7.11 Å². The molecule has 5 rings (SSSR count). The number of hydrogen-bond acceptors (Lipinski definition) is 5. The fourth-order valence-corrected chi connectivity index (χ4v) is 5.14. The van der Waals surface area contributed by atoms with Crippen molar-refractivity contribution in [3.05, 3.63) is 59.2 Å². The quantitative estimate of drug-likeness (QED) is 0.474. The molecule has 0 N–H and O–H groups in total. The Morgan fingerprint density at radius 2 is 1.96 bits per heavy atom. The van der Waals surface area contributed by atoms with Gasteiger partial charge in [-0.3, -0.25) is 4.98 Å². The molecule has 1 aliphatic rings. The van der Waals surface area contributed by atoms with Crippen molar-refractivity contribution in [3.63, 3.8) is 0 Å². The third kappa shape index (κ3) is 2.82. The van der Waals surface area contributed by atoms with Gasteiger partial charge in [0.1, 0.15) is 10.8 Å². The van der Waals surface area contributed by atoms with Crippen LogP contribution in [0.2, 0.25) is 0 Å². The molecule has 0 bridgehead atoms.